The number of aliphatic carboxylic acids is 1. The molecule has 1 aliphatic heterocycles. The van der Waals surface area contributed by atoms with Gasteiger partial charge in [0.05, 0.1) is 11.8 Å². The molecule has 1 heterocycles. The predicted octanol–water partition coefficient (Wildman–Crippen LogP) is 1.83. The summed E-state index contributed by atoms with van der Waals surface area (Å²) in [6, 6.07) is 7.26. The Bertz CT molecular complexity index is 626. The third kappa shape index (κ3) is 3.93. The van der Waals surface area contributed by atoms with Gasteiger partial charge < -0.3 is 15.3 Å². The van der Waals surface area contributed by atoms with Gasteiger partial charge in [0.15, 0.2) is 0 Å². The summed E-state index contributed by atoms with van der Waals surface area (Å²) in [7, 11) is 0. The van der Waals surface area contributed by atoms with E-state index in [4.69, 9.17) is 5.11 Å². The maximum atomic E-state index is 12.3. The van der Waals surface area contributed by atoms with Gasteiger partial charge >= 0.3 is 5.97 Å². The molecule has 2 amide bonds. The van der Waals surface area contributed by atoms with Crippen LogP contribution in [-0.4, -0.2) is 35.5 Å². The van der Waals surface area contributed by atoms with Crippen molar-refractivity contribution in [2.24, 2.45) is 11.8 Å². The Labute approximate surface area is 141 Å². The minimum Gasteiger partial charge on any atom is -0.481 e. The van der Waals surface area contributed by atoms with Crippen molar-refractivity contribution >= 4 is 23.5 Å². The lowest BCUT2D eigenvalue weighted by Crippen LogP contribution is -2.43. The van der Waals surface area contributed by atoms with Gasteiger partial charge in [-0.15, -0.1) is 0 Å². The largest absolute Gasteiger partial charge is 0.481 e. The summed E-state index contributed by atoms with van der Waals surface area (Å²) in [6.45, 7) is 5.60. The van der Waals surface area contributed by atoms with E-state index >= 15 is 0 Å². The van der Waals surface area contributed by atoms with Crippen LogP contribution < -0.4 is 10.2 Å². The molecule has 24 heavy (non-hydrogen) atoms. The van der Waals surface area contributed by atoms with Gasteiger partial charge in [-0.05, 0) is 38.0 Å². The molecule has 0 aromatic heterocycles. The summed E-state index contributed by atoms with van der Waals surface area (Å²) in [5.74, 6) is -2.44. The van der Waals surface area contributed by atoms with E-state index in [0.717, 1.165) is 12.1 Å². The van der Waals surface area contributed by atoms with E-state index in [1.165, 1.54) is 5.56 Å². The Morgan fingerprint density at radius 2 is 1.92 bits per heavy atom. The van der Waals surface area contributed by atoms with E-state index < -0.39 is 23.8 Å². The van der Waals surface area contributed by atoms with Crippen molar-refractivity contribution in [3.8, 4) is 0 Å². The fourth-order valence-corrected chi connectivity index (χ4v) is 2.73. The van der Waals surface area contributed by atoms with Crippen molar-refractivity contribution < 1.29 is 19.5 Å². The first-order valence-corrected chi connectivity index (χ1v) is 8.26. The molecule has 1 saturated heterocycles. The molecule has 0 bridgehead atoms. The molecule has 130 valence electrons. The van der Waals surface area contributed by atoms with Crippen LogP contribution >= 0.6 is 0 Å². The topological polar surface area (TPSA) is 86.7 Å². The molecule has 2 N–H and O–H groups in total. The summed E-state index contributed by atoms with van der Waals surface area (Å²) < 4.78 is 0. The number of amides is 2. The summed E-state index contributed by atoms with van der Waals surface area (Å²) in [6.07, 6.45) is 1.08. The molecule has 6 nitrogen and oxygen atoms in total. The maximum absolute atomic E-state index is 12.3. The number of carboxylic acids is 1. The normalized spacial score (nSPS) is 19.9. The highest BCUT2D eigenvalue weighted by atomic mass is 16.4. The third-order valence-corrected chi connectivity index (χ3v) is 4.66. The number of hydrogen-bond acceptors (Lipinski definition) is 3. The molecular formula is C18H24N2O4. The molecule has 1 aromatic rings. The van der Waals surface area contributed by atoms with Gasteiger partial charge in [0.2, 0.25) is 11.8 Å². The number of nitrogens with one attached hydrogen (secondary N) is 1. The standard InChI is InChI=1S/C18H24N2O4/c1-4-13-5-7-15(8-6-13)20-10-14(9-16(20)21)17(22)19-12(3)11(2)18(23)24/h5-8,11-12,14H,4,9-10H2,1-3H3,(H,19,22)(H,23,24). The van der Waals surface area contributed by atoms with Crippen molar-refractivity contribution in [2.45, 2.75) is 39.7 Å². The Balaban J connectivity index is 2.00. The van der Waals surface area contributed by atoms with E-state index in [-0.39, 0.29) is 18.2 Å². The molecule has 0 saturated carbocycles. The zero-order valence-electron chi connectivity index (χ0n) is 14.3. The first kappa shape index (κ1) is 18.0. The van der Waals surface area contributed by atoms with Crippen LogP contribution in [0.15, 0.2) is 24.3 Å². The minimum atomic E-state index is -0.956. The van der Waals surface area contributed by atoms with Crippen LogP contribution in [0.2, 0.25) is 0 Å². The van der Waals surface area contributed by atoms with Crippen LogP contribution in [-0.2, 0) is 20.8 Å². The number of carbonyl (C=O) groups excluding carboxylic acids is 2. The second-order valence-corrected chi connectivity index (χ2v) is 6.35. The van der Waals surface area contributed by atoms with E-state index in [9.17, 15) is 14.4 Å². The molecule has 1 aliphatic rings. The summed E-state index contributed by atoms with van der Waals surface area (Å²) in [5, 5.41) is 11.7. The number of carboxylic acid groups (broad SMARTS) is 1. The van der Waals surface area contributed by atoms with Gasteiger partial charge in [0.25, 0.3) is 0 Å². The second kappa shape index (κ2) is 7.47. The number of aryl methyl sites for hydroxylation is 1. The average molecular weight is 332 g/mol. The number of hydrogen-bond donors (Lipinski definition) is 2. The van der Waals surface area contributed by atoms with E-state index in [1.807, 2.05) is 24.3 Å². The molecule has 0 aliphatic carbocycles. The molecule has 0 radical (unpaired) electrons. The van der Waals surface area contributed by atoms with Crippen LogP contribution in [0.25, 0.3) is 0 Å². The van der Waals surface area contributed by atoms with E-state index in [0.29, 0.717) is 6.54 Å². The highest BCUT2D eigenvalue weighted by molar-refractivity contribution is 6.00. The number of anilines is 1. The van der Waals surface area contributed by atoms with Crippen LogP contribution in [0.5, 0.6) is 0 Å². The first-order chi connectivity index (χ1) is 11.3. The second-order valence-electron chi connectivity index (χ2n) is 6.35. The fourth-order valence-electron chi connectivity index (χ4n) is 2.73. The third-order valence-electron chi connectivity index (χ3n) is 4.66. The highest BCUT2D eigenvalue weighted by Crippen LogP contribution is 2.26. The predicted molar refractivity (Wildman–Crippen MR) is 90.7 cm³/mol. The van der Waals surface area contributed by atoms with Crippen molar-refractivity contribution in [1.29, 1.82) is 0 Å². The zero-order chi connectivity index (χ0) is 17.9. The number of benzene rings is 1. The lowest BCUT2D eigenvalue weighted by atomic mass is 10.0. The molecule has 6 heteroatoms. The van der Waals surface area contributed by atoms with Crippen LogP contribution in [0.4, 0.5) is 5.69 Å². The molecule has 1 fully saturated rings. The summed E-state index contributed by atoms with van der Waals surface area (Å²) in [5.41, 5.74) is 1.98. The number of nitrogens with zero attached hydrogens (tertiary/aromatic N) is 1. The summed E-state index contributed by atoms with van der Waals surface area (Å²) in [4.78, 5) is 37.1. The first-order valence-electron chi connectivity index (χ1n) is 8.26. The fraction of sp³-hybridized carbons (Fsp3) is 0.500. The van der Waals surface area contributed by atoms with Gasteiger partial charge in [0.1, 0.15) is 0 Å². The lowest BCUT2D eigenvalue weighted by Gasteiger charge is -2.20. The molecule has 3 unspecified atom stereocenters. The molecule has 1 aromatic carbocycles. The molecular weight excluding hydrogens is 308 g/mol. The molecule has 3 atom stereocenters. The van der Waals surface area contributed by atoms with Gasteiger partial charge in [-0.25, -0.2) is 0 Å². The number of carbonyl (C=O) groups is 3. The Kier molecular flexibility index (Phi) is 5.59. The van der Waals surface area contributed by atoms with Crippen molar-refractivity contribution in [3.05, 3.63) is 29.8 Å². The van der Waals surface area contributed by atoms with Crippen molar-refractivity contribution in [3.63, 3.8) is 0 Å². The van der Waals surface area contributed by atoms with E-state index in [2.05, 4.69) is 12.2 Å². The van der Waals surface area contributed by atoms with Gasteiger partial charge in [0, 0.05) is 24.7 Å². The SMILES string of the molecule is CCc1ccc(N2CC(C(=O)NC(C)C(C)C(=O)O)CC2=O)cc1. The van der Waals surface area contributed by atoms with Gasteiger partial charge in [-0.3, -0.25) is 14.4 Å². The van der Waals surface area contributed by atoms with Crippen LogP contribution in [0.3, 0.4) is 0 Å². The van der Waals surface area contributed by atoms with Gasteiger partial charge in [-0.2, -0.15) is 0 Å². The Morgan fingerprint density at radius 3 is 2.46 bits per heavy atom. The molecule has 2 rings (SSSR count). The van der Waals surface area contributed by atoms with Crippen LogP contribution in [0, 0.1) is 11.8 Å². The quantitative estimate of drug-likeness (QED) is 0.832. The number of rotatable bonds is 6. The smallest absolute Gasteiger partial charge is 0.308 e. The highest BCUT2D eigenvalue weighted by Gasteiger charge is 2.36. The average Bonchev–Trinajstić information content (AvgIpc) is 2.96. The van der Waals surface area contributed by atoms with Crippen LogP contribution in [0.1, 0.15) is 32.8 Å². The lowest BCUT2D eigenvalue weighted by molar-refractivity contribution is -0.142. The van der Waals surface area contributed by atoms with E-state index in [1.54, 1.807) is 18.7 Å². The van der Waals surface area contributed by atoms with Crippen molar-refractivity contribution in [2.75, 3.05) is 11.4 Å². The molecule has 0 spiro atoms. The monoisotopic (exact) mass is 332 g/mol. The van der Waals surface area contributed by atoms with Crippen molar-refractivity contribution in [1.82, 2.24) is 5.32 Å². The Morgan fingerprint density at radius 1 is 1.29 bits per heavy atom. The minimum absolute atomic E-state index is 0.0849. The summed E-state index contributed by atoms with van der Waals surface area (Å²) >= 11 is 0. The van der Waals surface area contributed by atoms with Gasteiger partial charge in [-0.1, -0.05) is 19.1 Å². The maximum Gasteiger partial charge on any atom is 0.308 e. The zero-order valence-corrected chi connectivity index (χ0v) is 14.3. The Hall–Kier alpha value is -2.37.